The largest absolute Gasteiger partial charge is 0.474 e. The number of fused-ring (bicyclic) bond motifs is 1. The van der Waals surface area contributed by atoms with Crippen LogP contribution in [-0.4, -0.2) is 64.2 Å². The number of hydrogen-bond donors (Lipinski definition) is 1. The topological polar surface area (TPSA) is 79.7 Å². The van der Waals surface area contributed by atoms with Crippen molar-refractivity contribution in [1.82, 2.24) is 20.0 Å². The maximum absolute atomic E-state index is 13.0. The lowest BCUT2D eigenvalue weighted by Crippen LogP contribution is -2.50. The summed E-state index contributed by atoms with van der Waals surface area (Å²) >= 11 is 0. The van der Waals surface area contributed by atoms with Gasteiger partial charge in [0.05, 0.1) is 0 Å². The zero-order valence-corrected chi connectivity index (χ0v) is 31.0. The molecule has 47 heavy (non-hydrogen) atoms. The van der Waals surface area contributed by atoms with Crippen molar-refractivity contribution in [2.75, 3.05) is 31.1 Å². The van der Waals surface area contributed by atoms with Gasteiger partial charge in [0.2, 0.25) is 5.91 Å². The number of benzene rings is 1. The van der Waals surface area contributed by atoms with E-state index in [1.165, 1.54) is 48.9 Å². The van der Waals surface area contributed by atoms with Crippen LogP contribution in [0.3, 0.4) is 0 Å². The molecule has 1 amide bonds. The summed E-state index contributed by atoms with van der Waals surface area (Å²) in [5.41, 5.74) is 6.42. The predicted octanol–water partition coefficient (Wildman–Crippen LogP) is 7.79. The van der Waals surface area contributed by atoms with Crippen LogP contribution >= 0.6 is 0 Å². The minimum absolute atomic E-state index is 0.00325. The van der Waals surface area contributed by atoms with Crippen LogP contribution in [0.1, 0.15) is 126 Å². The number of anilines is 1. The van der Waals surface area contributed by atoms with Gasteiger partial charge in [-0.3, -0.25) is 14.3 Å². The molecule has 2 atom stereocenters. The van der Waals surface area contributed by atoms with E-state index in [4.69, 9.17) is 4.74 Å². The molecule has 1 saturated heterocycles. The molecule has 1 aromatic heterocycles. The molecule has 0 saturated carbocycles. The minimum Gasteiger partial charge on any atom is -0.474 e. The zero-order valence-electron chi connectivity index (χ0n) is 31.0. The Labute approximate surface area is 285 Å². The van der Waals surface area contributed by atoms with Gasteiger partial charge < -0.3 is 19.9 Å². The highest BCUT2D eigenvalue weighted by Gasteiger charge is 2.27. The predicted molar refractivity (Wildman–Crippen MR) is 194 cm³/mol. The van der Waals surface area contributed by atoms with Gasteiger partial charge in [0, 0.05) is 56.1 Å². The van der Waals surface area contributed by atoms with Gasteiger partial charge in [0.1, 0.15) is 17.8 Å². The van der Waals surface area contributed by atoms with E-state index in [9.17, 15) is 9.59 Å². The molecule has 8 nitrogen and oxygen atoms in total. The molecule has 1 fully saturated rings. The van der Waals surface area contributed by atoms with Gasteiger partial charge in [-0.05, 0) is 109 Å². The molecule has 2 aliphatic rings. The van der Waals surface area contributed by atoms with Crippen LogP contribution in [0.15, 0.2) is 30.7 Å². The number of aryl methyl sites for hydroxylation is 1. The number of aromatic nitrogens is 2. The van der Waals surface area contributed by atoms with Gasteiger partial charge >= 0.3 is 0 Å². The number of ketones is 1. The molecule has 1 aliphatic heterocycles. The number of ether oxygens (including phenoxy) is 1. The van der Waals surface area contributed by atoms with E-state index in [1.54, 1.807) is 11.6 Å². The van der Waals surface area contributed by atoms with E-state index in [0.717, 1.165) is 69.0 Å². The number of amides is 1. The molecular formula is C39H63N5O3. The fraction of sp³-hybridized carbons (Fsp3) is 0.667. The highest BCUT2D eigenvalue weighted by atomic mass is 16.5. The first kappa shape index (κ1) is 38.2. The lowest BCUT2D eigenvalue weighted by Gasteiger charge is -2.37. The molecule has 1 aliphatic carbocycles. The summed E-state index contributed by atoms with van der Waals surface area (Å²) in [6.07, 6.45) is 10.1. The lowest BCUT2D eigenvalue weighted by molar-refractivity contribution is -0.132. The summed E-state index contributed by atoms with van der Waals surface area (Å²) in [6.45, 7) is 26.1. The average Bonchev–Trinajstić information content (AvgIpc) is 3.39. The third-order valence-electron chi connectivity index (χ3n) is 9.56. The first-order valence-corrected chi connectivity index (χ1v) is 18.1. The van der Waals surface area contributed by atoms with Crippen LogP contribution in [-0.2, 0) is 28.9 Å². The van der Waals surface area contributed by atoms with Crippen molar-refractivity contribution in [2.24, 2.45) is 5.92 Å². The molecule has 8 heteroatoms. The smallest absolute Gasteiger partial charge is 0.244 e. The van der Waals surface area contributed by atoms with E-state index >= 15 is 0 Å². The Morgan fingerprint density at radius 2 is 1.70 bits per heavy atom. The van der Waals surface area contributed by atoms with Crippen molar-refractivity contribution in [2.45, 2.75) is 138 Å². The highest BCUT2D eigenvalue weighted by molar-refractivity contribution is 5.94. The maximum Gasteiger partial charge on any atom is 0.244 e. The Hall–Kier alpha value is -3.29. The quantitative estimate of drug-likeness (QED) is 0.176. The SMILES string of the molecule is C=C(NC(CCC)CCC(C)CC)OC(C)(C)C.CC(=O)c1nn(CC(=O)N2CCN(c3cccc(C)c3C)CC2)c2c1CCCC2. The second-order valence-corrected chi connectivity index (χ2v) is 14.6. The number of carbonyl (C=O) groups excluding carboxylic acids is 2. The minimum atomic E-state index is -0.169. The Bertz CT molecular complexity index is 1330. The normalized spacial score (nSPS) is 16.0. The first-order valence-electron chi connectivity index (χ1n) is 18.1. The Morgan fingerprint density at radius 1 is 1.02 bits per heavy atom. The number of carbonyl (C=O) groups is 2. The number of piperazine rings is 1. The van der Waals surface area contributed by atoms with Crippen molar-refractivity contribution in [1.29, 1.82) is 0 Å². The summed E-state index contributed by atoms with van der Waals surface area (Å²) in [4.78, 5) is 29.2. The van der Waals surface area contributed by atoms with E-state index in [2.05, 4.69) is 74.7 Å². The molecule has 2 unspecified atom stereocenters. The Kier molecular flexibility index (Phi) is 14.4. The molecule has 262 valence electrons. The number of hydrogen-bond acceptors (Lipinski definition) is 6. The molecule has 0 spiro atoms. The van der Waals surface area contributed by atoms with Gasteiger partial charge in [0.25, 0.3) is 0 Å². The molecule has 0 bridgehead atoms. The molecule has 2 heterocycles. The van der Waals surface area contributed by atoms with Gasteiger partial charge in [-0.1, -0.05) is 45.7 Å². The van der Waals surface area contributed by atoms with Crippen molar-refractivity contribution in [3.05, 3.63) is 58.7 Å². The standard InChI is InChI=1S/C23H30N4O2.C16H33NO/c1-16-7-6-10-20(17(16)2)25-11-13-26(14-12-25)22(29)15-27-21-9-5-4-8-19(21)23(24-27)18(3)28;1-8-10-15(12-11-13(3)9-2)17-14(4)18-16(5,6)7/h6-7,10H,4-5,8-9,11-15H2,1-3H3;13,15,17H,4,8-12H2,1-3,5-7H3. The monoisotopic (exact) mass is 649 g/mol. The summed E-state index contributed by atoms with van der Waals surface area (Å²) < 4.78 is 7.54. The number of rotatable bonds is 13. The molecule has 4 rings (SSSR count). The van der Waals surface area contributed by atoms with Gasteiger partial charge in [-0.15, -0.1) is 0 Å². The summed E-state index contributed by atoms with van der Waals surface area (Å²) in [6, 6.07) is 6.90. The van der Waals surface area contributed by atoms with E-state index in [-0.39, 0.29) is 23.8 Å². The molecule has 2 aromatic rings. The highest BCUT2D eigenvalue weighted by Crippen LogP contribution is 2.26. The lowest BCUT2D eigenvalue weighted by atomic mass is 9.95. The molecule has 0 radical (unpaired) electrons. The van der Waals surface area contributed by atoms with Gasteiger partial charge in [-0.2, -0.15) is 5.10 Å². The fourth-order valence-corrected chi connectivity index (χ4v) is 6.54. The Morgan fingerprint density at radius 3 is 2.32 bits per heavy atom. The average molecular weight is 650 g/mol. The number of Topliss-reactive ketones (excluding diaryl/α,β-unsaturated/α-hetero) is 1. The van der Waals surface area contributed by atoms with E-state index in [1.807, 2.05) is 25.7 Å². The van der Waals surface area contributed by atoms with Crippen LogP contribution in [0.2, 0.25) is 0 Å². The van der Waals surface area contributed by atoms with E-state index < -0.39 is 0 Å². The summed E-state index contributed by atoms with van der Waals surface area (Å²) in [7, 11) is 0. The van der Waals surface area contributed by atoms with Crippen molar-refractivity contribution in [3.63, 3.8) is 0 Å². The van der Waals surface area contributed by atoms with Crippen LogP contribution in [0.5, 0.6) is 0 Å². The summed E-state index contributed by atoms with van der Waals surface area (Å²) in [5, 5.41) is 7.96. The summed E-state index contributed by atoms with van der Waals surface area (Å²) in [5.74, 6) is 1.61. The van der Waals surface area contributed by atoms with Crippen LogP contribution < -0.4 is 10.2 Å². The van der Waals surface area contributed by atoms with Crippen LogP contribution in [0.4, 0.5) is 5.69 Å². The van der Waals surface area contributed by atoms with Gasteiger partial charge in [0.15, 0.2) is 11.7 Å². The molecule has 1 N–H and O–H groups in total. The van der Waals surface area contributed by atoms with Crippen molar-refractivity contribution >= 4 is 17.4 Å². The Balaban J connectivity index is 0.000000290. The second kappa shape index (κ2) is 17.7. The van der Waals surface area contributed by atoms with Crippen LogP contribution in [0.25, 0.3) is 0 Å². The number of nitrogens with one attached hydrogen (secondary N) is 1. The third kappa shape index (κ3) is 11.4. The van der Waals surface area contributed by atoms with Gasteiger partial charge in [-0.25, -0.2) is 0 Å². The zero-order chi connectivity index (χ0) is 34.7. The number of nitrogens with zero attached hydrogens (tertiary/aromatic N) is 4. The molecule has 1 aromatic carbocycles. The third-order valence-corrected chi connectivity index (χ3v) is 9.56. The fourth-order valence-electron chi connectivity index (χ4n) is 6.54. The maximum atomic E-state index is 13.0. The van der Waals surface area contributed by atoms with Crippen LogP contribution in [0, 0.1) is 19.8 Å². The van der Waals surface area contributed by atoms with Crippen molar-refractivity contribution in [3.8, 4) is 0 Å². The second-order valence-electron chi connectivity index (χ2n) is 14.6. The molecular weight excluding hydrogens is 586 g/mol. The van der Waals surface area contributed by atoms with E-state index in [0.29, 0.717) is 17.6 Å². The van der Waals surface area contributed by atoms with Crippen molar-refractivity contribution < 1.29 is 14.3 Å². The first-order chi connectivity index (χ1) is 22.2.